The third-order valence-corrected chi connectivity index (χ3v) is 2.01. The maximum atomic E-state index is 11.1. The highest BCUT2D eigenvalue weighted by molar-refractivity contribution is 5.84. The molecule has 0 aliphatic heterocycles. The molecule has 0 saturated heterocycles. The van der Waals surface area contributed by atoms with Gasteiger partial charge in [0, 0.05) is 6.42 Å². The Morgan fingerprint density at radius 1 is 1.24 bits per heavy atom. The van der Waals surface area contributed by atoms with Gasteiger partial charge in [-0.15, -0.1) is 0 Å². The van der Waals surface area contributed by atoms with Crippen LogP contribution in [0.1, 0.15) is 38.8 Å². The van der Waals surface area contributed by atoms with Gasteiger partial charge in [0.2, 0.25) is 5.91 Å². The number of carboxylic acid groups (broad SMARTS) is 1. The number of benzene rings is 1. The van der Waals surface area contributed by atoms with Crippen molar-refractivity contribution in [3.05, 3.63) is 35.9 Å². The van der Waals surface area contributed by atoms with Crippen molar-refractivity contribution in [3.8, 4) is 0 Å². The molecule has 1 unspecified atom stereocenters. The van der Waals surface area contributed by atoms with Crippen LogP contribution in [0.25, 0.3) is 0 Å². The molecule has 0 fully saturated rings. The number of carbonyl (C=O) groups is 2. The number of amides is 1. The van der Waals surface area contributed by atoms with Gasteiger partial charge in [0.05, 0.1) is 0 Å². The molecule has 1 aromatic carbocycles. The van der Waals surface area contributed by atoms with Gasteiger partial charge in [0.15, 0.2) is 6.04 Å². The summed E-state index contributed by atoms with van der Waals surface area (Å²) in [6, 6.07) is 7.67. The molecule has 0 radical (unpaired) electrons. The molecule has 1 aromatic rings. The largest absolute Gasteiger partial charge is 0.479 e. The Kier molecular flexibility index (Phi) is 7.43. The molecule has 4 heteroatoms. The lowest BCUT2D eigenvalue weighted by molar-refractivity contribution is -0.142. The van der Waals surface area contributed by atoms with E-state index >= 15 is 0 Å². The van der Waals surface area contributed by atoms with E-state index < -0.39 is 12.0 Å². The summed E-state index contributed by atoms with van der Waals surface area (Å²) >= 11 is 0. The predicted octanol–water partition coefficient (Wildman–Crippen LogP) is 2.36. The zero-order valence-electron chi connectivity index (χ0n) is 10.4. The molecule has 0 aromatic heterocycles. The number of rotatable bonds is 4. The van der Waals surface area contributed by atoms with E-state index in [9.17, 15) is 9.59 Å². The first-order valence-corrected chi connectivity index (χ1v) is 5.72. The van der Waals surface area contributed by atoms with Crippen LogP contribution in [0.15, 0.2) is 30.3 Å². The summed E-state index contributed by atoms with van der Waals surface area (Å²) in [4.78, 5) is 22.1. The number of carbonyl (C=O) groups excluding carboxylic acids is 1. The Labute approximate surface area is 102 Å². The van der Waals surface area contributed by atoms with Crippen LogP contribution in [-0.4, -0.2) is 17.0 Å². The average molecular weight is 237 g/mol. The van der Waals surface area contributed by atoms with Crippen LogP contribution in [0.4, 0.5) is 0 Å². The maximum Gasteiger partial charge on any atom is 0.330 e. The van der Waals surface area contributed by atoms with Crippen molar-refractivity contribution in [1.29, 1.82) is 0 Å². The lowest BCUT2D eigenvalue weighted by Gasteiger charge is -2.13. The minimum atomic E-state index is -1.05. The Hall–Kier alpha value is -1.84. The molecule has 4 nitrogen and oxygen atoms in total. The minimum Gasteiger partial charge on any atom is -0.479 e. The molecule has 0 spiro atoms. The quantitative estimate of drug-likeness (QED) is 0.844. The van der Waals surface area contributed by atoms with E-state index in [0.29, 0.717) is 5.56 Å². The first-order valence-electron chi connectivity index (χ1n) is 5.72. The Morgan fingerprint density at radius 2 is 1.76 bits per heavy atom. The fourth-order valence-electron chi connectivity index (χ4n) is 1.20. The van der Waals surface area contributed by atoms with Crippen LogP contribution in [-0.2, 0) is 9.59 Å². The number of hydrogen-bond acceptors (Lipinski definition) is 2. The first kappa shape index (κ1) is 15.2. The SMILES string of the molecule is CC.CCC(=O)NC(C(=O)O)c1ccccc1. The van der Waals surface area contributed by atoms with Crippen LogP contribution < -0.4 is 5.32 Å². The number of carboxylic acids is 1. The van der Waals surface area contributed by atoms with E-state index in [1.165, 1.54) is 0 Å². The number of aliphatic carboxylic acids is 1. The van der Waals surface area contributed by atoms with E-state index in [1.807, 2.05) is 13.8 Å². The second-order valence-electron chi connectivity index (χ2n) is 3.10. The Bertz CT molecular complexity index is 349. The summed E-state index contributed by atoms with van der Waals surface area (Å²) in [5.41, 5.74) is 0.576. The second-order valence-corrected chi connectivity index (χ2v) is 3.10. The predicted molar refractivity (Wildman–Crippen MR) is 66.6 cm³/mol. The summed E-state index contributed by atoms with van der Waals surface area (Å²) in [5.74, 6) is -1.32. The molecule has 1 rings (SSSR count). The molecule has 0 heterocycles. The zero-order valence-corrected chi connectivity index (χ0v) is 10.4. The molecule has 0 bridgehead atoms. The molecular formula is C13H19NO3. The zero-order chi connectivity index (χ0) is 13.3. The third kappa shape index (κ3) is 5.15. The molecule has 0 aliphatic rings. The average Bonchev–Trinajstić information content (AvgIpc) is 2.38. The molecule has 17 heavy (non-hydrogen) atoms. The number of nitrogens with one attached hydrogen (secondary N) is 1. The normalized spacial score (nSPS) is 10.8. The fourth-order valence-corrected chi connectivity index (χ4v) is 1.20. The smallest absolute Gasteiger partial charge is 0.330 e. The van der Waals surface area contributed by atoms with Gasteiger partial charge in [-0.2, -0.15) is 0 Å². The molecule has 0 saturated carbocycles. The van der Waals surface area contributed by atoms with Gasteiger partial charge in [-0.05, 0) is 5.56 Å². The fraction of sp³-hybridized carbons (Fsp3) is 0.385. The van der Waals surface area contributed by atoms with Crippen LogP contribution in [0, 0.1) is 0 Å². The Morgan fingerprint density at radius 3 is 2.18 bits per heavy atom. The van der Waals surface area contributed by atoms with E-state index in [4.69, 9.17) is 5.11 Å². The van der Waals surface area contributed by atoms with Gasteiger partial charge in [-0.1, -0.05) is 51.1 Å². The van der Waals surface area contributed by atoms with E-state index in [-0.39, 0.29) is 12.3 Å². The lowest BCUT2D eigenvalue weighted by Crippen LogP contribution is -2.33. The van der Waals surface area contributed by atoms with Gasteiger partial charge in [0.25, 0.3) is 0 Å². The van der Waals surface area contributed by atoms with Gasteiger partial charge >= 0.3 is 5.97 Å². The van der Waals surface area contributed by atoms with Crippen molar-refractivity contribution in [2.45, 2.75) is 33.2 Å². The summed E-state index contributed by atoms with van der Waals surface area (Å²) in [6.45, 7) is 5.68. The topological polar surface area (TPSA) is 66.4 Å². The highest BCUT2D eigenvalue weighted by Gasteiger charge is 2.20. The summed E-state index contributed by atoms with van der Waals surface area (Å²) < 4.78 is 0. The van der Waals surface area contributed by atoms with Crippen molar-refractivity contribution < 1.29 is 14.7 Å². The monoisotopic (exact) mass is 237 g/mol. The molecular weight excluding hydrogens is 218 g/mol. The maximum absolute atomic E-state index is 11.1. The van der Waals surface area contributed by atoms with Gasteiger partial charge < -0.3 is 10.4 Å². The minimum absolute atomic E-state index is 0.272. The highest BCUT2D eigenvalue weighted by Crippen LogP contribution is 2.12. The van der Waals surface area contributed by atoms with Gasteiger partial charge in [0.1, 0.15) is 0 Å². The van der Waals surface area contributed by atoms with E-state index in [1.54, 1.807) is 37.3 Å². The highest BCUT2D eigenvalue weighted by atomic mass is 16.4. The third-order valence-electron chi connectivity index (χ3n) is 2.01. The van der Waals surface area contributed by atoms with E-state index in [0.717, 1.165) is 0 Å². The molecule has 1 amide bonds. The lowest BCUT2D eigenvalue weighted by atomic mass is 10.1. The van der Waals surface area contributed by atoms with Crippen molar-refractivity contribution >= 4 is 11.9 Å². The van der Waals surface area contributed by atoms with Crippen LogP contribution >= 0.6 is 0 Å². The van der Waals surface area contributed by atoms with Crippen molar-refractivity contribution in [3.63, 3.8) is 0 Å². The van der Waals surface area contributed by atoms with Crippen LogP contribution in [0.2, 0.25) is 0 Å². The number of hydrogen-bond donors (Lipinski definition) is 2. The second kappa shape index (κ2) is 8.33. The molecule has 1 atom stereocenters. The van der Waals surface area contributed by atoms with Gasteiger partial charge in [-0.3, -0.25) is 4.79 Å². The van der Waals surface area contributed by atoms with Crippen molar-refractivity contribution in [2.24, 2.45) is 0 Å². The molecule has 0 aliphatic carbocycles. The Balaban J connectivity index is 0.00000121. The first-order chi connectivity index (χ1) is 8.15. The molecule has 2 N–H and O–H groups in total. The standard InChI is InChI=1S/C11H13NO3.C2H6/c1-2-9(13)12-10(11(14)15)8-6-4-3-5-7-8;1-2/h3-7,10H,2H2,1H3,(H,12,13)(H,14,15);1-2H3. The van der Waals surface area contributed by atoms with Crippen LogP contribution in [0.3, 0.4) is 0 Å². The summed E-state index contributed by atoms with van der Waals surface area (Å²) in [7, 11) is 0. The van der Waals surface area contributed by atoms with Crippen molar-refractivity contribution in [1.82, 2.24) is 5.32 Å². The summed E-state index contributed by atoms with van der Waals surface area (Å²) in [6.07, 6.45) is 0.274. The summed E-state index contributed by atoms with van der Waals surface area (Å²) in [5, 5.41) is 11.4. The van der Waals surface area contributed by atoms with Gasteiger partial charge in [-0.25, -0.2) is 4.79 Å². The molecule has 94 valence electrons. The van der Waals surface area contributed by atoms with E-state index in [2.05, 4.69) is 5.32 Å². The van der Waals surface area contributed by atoms with Crippen LogP contribution in [0.5, 0.6) is 0 Å². The van der Waals surface area contributed by atoms with Crippen molar-refractivity contribution in [2.75, 3.05) is 0 Å².